The Hall–Kier alpha value is -4.33. The van der Waals surface area contributed by atoms with E-state index in [4.69, 9.17) is 0 Å². The first-order valence-electron chi connectivity index (χ1n) is 9.33. The van der Waals surface area contributed by atoms with Gasteiger partial charge < -0.3 is 5.32 Å². The van der Waals surface area contributed by atoms with E-state index in [1.165, 1.54) is 48.5 Å². The number of amides is 2. The van der Waals surface area contributed by atoms with Crippen molar-refractivity contribution in [3.05, 3.63) is 106 Å². The smallest absolute Gasteiger partial charge is 0.282 e. The summed E-state index contributed by atoms with van der Waals surface area (Å²) in [7, 11) is 0. The fourth-order valence-corrected chi connectivity index (χ4v) is 3.37. The second kappa shape index (κ2) is 7.83. The van der Waals surface area contributed by atoms with E-state index in [9.17, 15) is 24.1 Å². The van der Waals surface area contributed by atoms with Gasteiger partial charge in [-0.05, 0) is 60.5 Å². The largest absolute Gasteiger partial charge is 0.350 e. The van der Waals surface area contributed by atoms with E-state index in [1.54, 1.807) is 31.2 Å². The summed E-state index contributed by atoms with van der Waals surface area (Å²) >= 11 is 0. The molecule has 1 aliphatic heterocycles. The Labute approximate surface area is 176 Å². The summed E-state index contributed by atoms with van der Waals surface area (Å²) in [5.74, 6) is -1.57. The quantitative estimate of drug-likeness (QED) is 0.376. The Morgan fingerprint density at radius 3 is 2.16 bits per heavy atom. The van der Waals surface area contributed by atoms with Crippen LogP contribution in [0.25, 0.3) is 5.57 Å². The van der Waals surface area contributed by atoms with Gasteiger partial charge in [0.25, 0.3) is 17.5 Å². The Kier molecular flexibility index (Phi) is 5.04. The van der Waals surface area contributed by atoms with Gasteiger partial charge in [0.05, 0.1) is 16.2 Å². The number of hydrogen-bond acceptors (Lipinski definition) is 5. The topological polar surface area (TPSA) is 92.6 Å². The standard InChI is InChI=1S/C23H16FN3O4/c1-14-4-2-3-5-19(14)26-22(28)20(15-6-12-18(13-7-15)27(30)31)21(23(26)29)25-17-10-8-16(24)9-11-17/h2-13,25H,1H3. The summed E-state index contributed by atoms with van der Waals surface area (Å²) in [4.78, 5) is 38.2. The minimum atomic E-state index is -0.572. The molecule has 0 aliphatic carbocycles. The number of nitro benzene ring substituents is 1. The third-order valence-electron chi connectivity index (χ3n) is 4.92. The molecule has 0 fully saturated rings. The molecule has 154 valence electrons. The molecule has 3 aromatic rings. The van der Waals surface area contributed by atoms with Gasteiger partial charge in [0, 0.05) is 17.8 Å². The predicted molar refractivity (Wildman–Crippen MR) is 114 cm³/mol. The van der Waals surface area contributed by atoms with Crippen molar-refractivity contribution in [1.29, 1.82) is 0 Å². The van der Waals surface area contributed by atoms with Crippen molar-refractivity contribution >= 4 is 34.4 Å². The molecule has 1 aliphatic rings. The van der Waals surface area contributed by atoms with Crippen molar-refractivity contribution in [2.45, 2.75) is 6.92 Å². The van der Waals surface area contributed by atoms with Gasteiger partial charge in [-0.2, -0.15) is 0 Å². The van der Waals surface area contributed by atoms with Crippen LogP contribution >= 0.6 is 0 Å². The molecule has 2 amide bonds. The number of non-ortho nitro benzene ring substituents is 1. The lowest BCUT2D eigenvalue weighted by molar-refractivity contribution is -0.384. The monoisotopic (exact) mass is 417 g/mol. The minimum absolute atomic E-state index is 0.00807. The lowest BCUT2D eigenvalue weighted by Crippen LogP contribution is -2.33. The number of nitro groups is 1. The van der Waals surface area contributed by atoms with Gasteiger partial charge in [-0.3, -0.25) is 19.7 Å². The number of halogens is 1. The van der Waals surface area contributed by atoms with E-state index in [-0.39, 0.29) is 17.0 Å². The SMILES string of the molecule is Cc1ccccc1N1C(=O)C(Nc2ccc(F)cc2)=C(c2ccc([N+](=O)[O-])cc2)C1=O. The highest BCUT2D eigenvalue weighted by molar-refractivity contribution is 6.46. The second-order valence-electron chi connectivity index (χ2n) is 6.92. The lowest BCUT2D eigenvalue weighted by Gasteiger charge is -2.17. The van der Waals surface area contributed by atoms with E-state index in [0.29, 0.717) is 16.9 Å². The van der Waals surface area contributed by atoms with E-state index in [1.807, 2.05) is 0 Å². The number of hydrogen-bond donors (Lipinski definition) is 1. The zero-order chi connectivity index (χ0) is 22.1. The van der Waals surface area contributed by atoms with Gasteiger partial charge in [-0.25, -0.2) is 9.29 Å². The normalized spacial score (nSPS) is 13.7. The van der Waals surface area contributed by atoms with Crippen LogP contribution in [0.2, 0.25) is 0 Å². The van der Waals surface area contributed by atoms with Crippen molar-refractivity contribution in [3.63, 3.8) is 0 Å². The molecule has 0 unspecified atom stereocenters. The van der Waals surface area contributed by atoms with Crippen molar-refractivity contribution in [3.8, 4) is 0 Å². The molecule has 0 atom stereocenters. The van der Waals surface area contributed by atoms with Crippen molar-refractivity contribution in [1.82, 2.24) is 0 Å². The van der Waals surface area contributed by atoms with Crippen LogP contribution < -0.4 is 10.2 Å². The predicted octanol–water partition coefficient (Wildman–Crippen LogP) is 4.44. The number of aryl methyl sites for hydroxylation is 1. The van der Waals surface area contributed by atoms with Crippen molar-refractivity contribution in [2.75, 3.05) is 10.2 Å². The van der Waals surface area contributed by atoms with Gasteiger partial charge in [-0.15, -0.1) is 0 Å². The Bertz CT molecular complexity index is 1230. The van der Waals surface area contributed by atoms with Crippen LogP contribution in [0, 0.1) is 22.9 Å². The number of nitrogens with zero attached hydrogens (tertiary/aromatic N) is 2. The maximum atomic E-state index is 13.4. The molecule has 31 heavy (non-hydrogen) atoms. The van der Waals surface area contributed by atoms with Gasteiger partial charge in [0.2, 0.25) is 0 Å². The van der Waals surface area contributed by atoms with Crippen LogP contribution in [0.1, 0.15) is 11.1 Å². The summed E-state index contributed by atoms with van der Waals surface area (Å²) in [5.41, 5.74) is 1.89. The average molecular weight is 417 g/mol. The number of para-hydroxylation sites is 1. The maximum absolute atomic E-state index is 13.4. The molecule has 0 radical (unpaired) electrons. The van der Waals surface area contributed by atoms with E-state index in [0.717, 1.165) is 10.5 Å². The molecule has 4 rings (SSSR count). The highest BCUT2D eigenvalue weighted by atomic mass is 19.1. The first-order valence-corrected chi connectivity index (χ1v) is 9.33. The first kappa shape index (κ1) is 20.0. The molecule has 0 bridgehead atoms. The van der Waals surface area contributed by atoms with Crippen molar-refractivity contribution < 1.29 is 18.9 Å². The third kappa shape index (κ3) is 3.66. The second-order valence-corrected chi connectivity index (χ2v) is 6.92. The fraction of sp³-hybridized carbons (Fsp3) is 0.0435. The number of nitrogens with one attached hydrogen (secondary N) is 1. The highest BCUT2D eigenvalue weighted by Crippen LogP contribution is 2.35. The third-order valence-corrected chi connectivity index (χ3v) is 4.92. The van der Waals surface area contributed by atoms with E-state index >= 15 is 0 Å². The van der Waals surface area contributed by atoms with Gasteiger partial charge in [-0.1, -0.05) is 18.2 Å². The average Bonchev–Trinajstić information content (AvgIpc) is 3.00. The molecule has 7 nitrogen and oxygen atoms in total. The summed E-state index contributed by atoms with van der Waals surface area (Å²) < 4.78 is 13.3. The Morgan fingerprint density at radius 1 is 0.903 bits per heavy atom. The number of benzene rings is 3. The maximum Gasteiger partial charge on any atom is 0.282 e. The van der Waals surface area contributed by atoms with Crippen LogP contribution in [0.5, 0.6) is 0 Å². The Morgan fingerprint density at radius 2 is 1.55 bits per heavy atom. The zero-order valence-corrected chi connectivity index (χ0v) is 16.3. The highest BCUT2D eigenvalue weighted by Gasteiger charge is 2.40. The molecule has 0 spiro atoms. The molecule has 1 N–H and O–H groups in total. The summed E-state index contributed by atoms with van der Waals surface area (Å²) in [5, 5.41) is 13.9. The number of carbonyl (C=O) groups is 2. The zero-order valence-electron chi connectivity index (χ0n) is 16.3. The number of carbonyl (C=O) groups excluding carboxylic acids is 2. The van der Waals surface area contributed by atoms with Crippen LogP contribution in [0.15, 0.2) is 78.5 Å². The van der Waals surface area contributed by atoms with E-state index < -0.39 is 22.6 Å². The lowest BCUT2D eigenvalue weighted by atomic mass is 10.0. The number of rotatable bonds is 5. The van der Waals surface area contributed by atoms with Crippen LogP contribution in [0.4, 0.5) is 21.5 Å². The first-order chi connectivity index (χ1) is 14.9. The number of imide groups is 1. The molecular weight excluding hydrogens is 401 g/mol. The van der Waals surface area contributed by atoms with Gasteiger partial charge in [0.15, 0.2) is 0 Å². The molecule has 1 heterocycles. The Balaban J connectivity index is 1.83. The molecule has 0 saturated heterocycles. The van der Waals surface area contributed by atoms with Gasteiger partial charge >= 0.3 is 0 Å². The fourth-order valence-electron chi connectivity index (χ4n) is 3.37. The van der Waals surface area contributed by atoms with E-state index in [2.05, 4.69) is 5.32 Å². The van der Waals surface area contributed by atoms with Gasteiger partial charge in [0.1, 0.15) is 11.5 Å². The summed E-state index contributed by atoms with van der Waals surface area (Å²) in [6.07, 6.45) is 0. The summed E-state index contributed by atoms with van der Waals surface area (Å²) in [6.45, 7) is 1.78. The summed E-state index contributed by atoms with van der Waals surface area (Å²) in [6, 6.07) is 17.7. The molecule has 3 aromatic carbocycles. The molecule has 0 saturated carbocycles. The van der Waals surface area contributed by atoms with Crippen molar-refractivity contribution in [2.24, 2.45) is 0 Å². The van der Waals surface area contributed by atoms with Crippen LogP contribution in [-0.2, 0) is 9.59 Å². The van der Waals surface area contributed by atoms with Crippen LogP contribution in [-0.4, -0.2) is 16.7 Å². The minimum Gasteiger partial charge on any atom is -0.350 e. The molecular formula is C23H16FN3O4. The van der Waals surface area contributed by atoms with Crippen LogP contribution in [0.3, 0.4) is 0 Å². The molecule has 8 heteroatoms. The molecule has 0 aromatic heterocycles. The number of anilines is 2.